The minimum atomic E-state index is 0.348. The second-order valence-electron chi connectivity index (χ2n) is 14.1. The van der Waals surface area contributed by atoms with Crippen molar-refractivity contribution in [3.05, 3.63) is 0 Å². The van der Waals surface area contributed by atoms with Crippen molar-refractivity contribution < 1.29 is 0 Å². The molecule has 0 aliphatic rings. The highest BCUT2D eigenvalue weighted by Crippen LogP contribution is 2.18. The summed E-state index contributed by atoms with van der Waals surface area (Å²) >= 11 is 0. The lowest BCUT2D eigenvalue weighted by Crippen LogP contribution is -2.48. The first kappa shape index (κ1) is 41.6. The number of nitrogens with one attached hydrogen (secondary N) is 3. The Morgan fingerprint density at radius 3 is 1.24 bits per heavy atom. The van der Waals surface area contributed by atoms with Crippen molar-refractivity contribution in [3.8, 4) is 0 Å². The summed E-state index contributed by atoms with van der Waals surface area (Å²) in [5.74, 6) is 0. The average Bonchev–Trinajstić information content (AvgIpc) is 2.90. The van der Waals surface area contributed by atoms with Crippen LogP contribution >= 0.6 is 0 Å². The first-order valence-corrected chi connectivity index (χ1v) is 16.8. The molecule has 0 fully saturated rings. The molecule has 0 radical (unpaired) electrons. The number of hydrogen-bond donors (Lipinski definition) is 7. The molecule has 11 nitrogen and oxygen atoms in total. The van der Waals surface area contributed by atoms with E-state index in [1.807, 2.05) is 0 Å². The van der Waals surface area contributed by atoms with Crippen LogP contribution in [0.2, 0.25) is 0 Å². The summed E-state index contributed by atoms with van der Waals surface area (Å²) in [4.78, 5) is 10.0. The van der Waals surface area contributed by atoms with Gasteiger partial charge >= 0.3 is 0 Å². The van der Waals surface area contributed by atoms with Gasteiger partial charge in [0.15, 0.2) is 0 Å². The van der Waals surface area contributed by atoms with Crippen LogP contribution in [0.3, 0.4) is 0 Å². The van der Waals surface area contributed by atoms with E-state index >= 15 is 0 Å². The molecule has 0 spiro atoms. The molecule has 0 aromatic rings. The van der Waals surface area contributed by atoms with E-state index < -0.39 is 0 Å². The number of rotatable bonds is 29. The zero-order valence-corrected chi connectivity index (χ0v) is 28.9. The Kier molecular flexibility index (Phi) is 25.6. The Balaban J connectivity index is 4.94. The van der Waals surface area contributed by atoms with Crippen molar-refractivity contribution in [2.75, 3.05) is 138 Å². The van der Waals surface area contributed by atoms with E-state index in [9.17, 15) is 0 Å². The third kappa shape index (κ3) is 27.1. The molecule has 11 N–H and O–H groups in total. The molecule has 11 heteroatoms. The molecule has 0 aromatic heterocycles. The minimum absolute atomic E-state index is 0.348. The fraction of sp³-hybridized carbons (Fsp3) is 1.00. The molecule has 0 unspecified atom stereocenters. The maximum absolute atomic E-state index is 5.91. The highest BCUT2D eigenvalue weighted by Gasteiger charge is 2.15. The lowest BCUT2D eigenvalue weighted by molar-refractivity contribution is 0.120. The summed E-state index contributed by atoms with van der Waals surface area (Å²) < 4.78 is 0. The van der Waals surface area contributed by atoms with E-state index in [0.717, 1.165) is 111 Å². The molecule has 0 aromatic carbocycles. The summed E-state index contributed by atoms with van der Waals surface area (Å²) in [5, 5.41) is 10.8. The first-order chi connectivity index (χ1) is 19.9. The highest BCUT2D eigenvalue weighted by atomic mass is 15.3. The van der Waals surface area contributed by atoms with Gasteiger partial charge in [-0.2, -0.15) is 0 Å². The van der Waals surface area contributed by atoms with Crippen molar-refractivity contribution in [1.29, 1.82) is 0 Å². The zero-order valence-electron chi connectivity index (χ0n) is 28.9. The van der Waals surface area contributed by atoms with Crippen LogP contribution in [0.15, 0.2) is 0 Å². The smallest absolute Gasteiger partial charge is 0.0508 e. The predicted molar refractivity (Wildman–Crippen MR) is 184 cm³/mol. The lowest BCUT2D eigenvalue weighted by Gasteiger charge is -2.32. The molecule has 0 heterocycles. The van der Waals surface area contributed by atoms with E-state index in [2.05, 4.69) is 77.1 Å². The topological polar surface area (TPSA) is 153 Å². The van der Waals surface area contributed by atoms with Crippen molar-refractivity contribution in [2.24, 2.45) is 33.8 Å². The summed E-state index contributed by atoms with van der Waals surface area (Å²) in [6.07, 6.45) is 2.36. The fourth-order valence-electron chi connectivity index (χ4n) is 4.67. The number of nitrogens with zero attached hydrogens (tertiary/aromatic N) is 4. The molecule has 0 rings (SSSR count). The van der Waals surface area contributed by atoms with Gasteiger partial charge in [-0.05, 0) is 36.8 Å². The van der Waals surface area contributed by atoms with Gasteiger partial charge in [-0.25, -0.2) is 0 Å². The second-order valence-corrected chi connectivity index (χ2v) is 14.1. The summed E-state index contributed by atoms with van der Waals surface area (Å²) in [6.45, 7) is 33.2. The van der Waals surface area contributed by atoms with E-state index in [1.165, 1.54) is 12.8 Å². The molecule has 0 saturated heterocycles. The first-order valence-electron chi connectivity index (χ1n) is 16.8. The van der Waals surface area contributed by atoms with E-state index in [0.29, 0.717) is 37.0 Å². The third-order valence-electron chi connectivity index (χ3n) is 7.44. The summed E-state index contributed by atoms with van der Waals surface area (Å²) in [7, 11) is 0. The molecular weight excluding hydrogens is 526 g/mol. The van der Waals surface area contributed by atoms with Crippen LogP contribution in [0.25, 0.3) is 0 Å². The molecule has 0 aliphatic carbocycles. The van der Waals surface area contributed by atoms with Gasteiger partial charge in [0.2, 0.25) is 0 Å². The number of nitrogens with two attached hydrogens (primary N) is 4. The van der Waals surface area contributed by atoms with Gasteiger partial charge in [0.1, 0.15) is 0 Å². The highest BCUT2D eigenvalue weighted by molar-refractivity contribution is 4.71. The number of hydrogen-bond acceptors (Lipinski definition) is 11. The SMILES string of the molecule is CC(C)(C)CCNCCN(CCN(CCNCCN)CCNCCN(CCN)CCC(C)(C)C)CN(CCN)CCN. The summed E-state index contributed by atoms with van der Waals surface area (Å²) in [6, 6.07) is 0. The molecular formula is C31H75N11. The van der Waals surface area contributed by atoms with Gasteiger partial charge in [0, 0.05) is 118 Å². The molecule has 0 amide bonds. The van der Waals surface area contributed by atoms with Gasteiger partial charge in [0.05, 0.1) is 6.67 Å². The van der Waals surface area contributed by atoms with Gasteiger partial charge < -0.3 is 43.8 Å². The Morgan fingerprint density at radius 2 is 0.762 bits per heavy atom. The van der Waals surface area contributed by atoms with Gasteiger partial charge in [0.25, 0.3) is 0 Å². The lowest BCUT2D eigenvalue weighted by atomic mass is 9.92. The third-order valence-corrected chi connectivity index (χ3v) is 7.44. The van der Waals surface area contributed by atoms with E-state index in [-0.39, 0.29) is 0 Å². The van der Waals surface area contributed by atoms with Crippen molar-refractivity contribution in [1.82, 2.24) is 35.6 Å². The van der Waals surface area contributed by atoms with Crippen LogP contribution in [0.1, 0.15) is 54.4 Å². The van der Waals surface area contributed by atoms with Crippen molar-refractivity contribution in [3.63, 3.8) is 0 Å². The van der Waals surface area contributed by atoms with Crippen molar-refractivity contribution >= 4 is 0 Å². The van der Waals surface area contributed by atoms with Crippen LogP contribution in [-0.4, -0.2) is 157 Å². The predicted octanol–water partition coefficient (Wildman–Crippen LogP) is -0.372. The maximum Gasteiger partial charge on any atom is 0.0508 e. The Hall–Kier alpha value is -0.440. The molecule has 0 aliphatic heterocycles. The normalized spacial score (nSPS) is 13.0. The average molecular weight is 602 g/mol. The standard InChI is InChI=1S/C31H75N11/c1-30(2,3)7-13-36-18-26-42(29-41(21-11-34)22-12-35)28-27-40(24-15-37-14-9-32)25-17-38-16-23-39(20-10-33)19-8-31(4,5)6/h36-38H,7-29,32-35H2,1-6H3. The quantitative estimate of drug-likeness (QED) is 0.0444. The monoisotopic (exact) mass is 602 g/mol. The fourth-order valence-corrected chi connectivity index (χ4v) is 4.67. The molecule has 42 heavy (non-hydrogen) atoms. The van der Waals surface area contributed by atoms with Crippen LogP contribution in [0, 0.1) is 10.8 Å². The maximum atomic E-state index is 5.91. The van der Waals surface area contributed by atoms with E-state index in [4.69, 9.17) is 22.9 Å². The molecule has 0 atom stereocenters. The zero-order chi connectivity index (χ0) is 31.7. The Labute approximate surface area is 261 Å². The van der Waals surface area contributed by atoms with Gasteiger partial charge in [-0.3, -0.25) is 14.7 Å². The minimum Gasteiger partial charge on any atom is -0.329 e. The Morgan fingerprint density at radius 1 is 0.381 bits per heavy atom. The Bertz CT molecular complexity index is 574. The van der Waals surface area contributed by atoms with Crippen LogP contribution < -0.4 is 38.9 Å². The molecule has 0 bridgehead atoms. The van der Waals surface area contributed by atoms with Crippen LogP contribution in [0.5, 0.6) is 0 Å². The second kappa shape index (κ2) is 25.8. The van der Waals surface area contributed by atoms with Crippen LogP contribution in [0.4, 0.5) is 0 Å². The van der Waals surface area contributed by atoms with Crippen LogP contribution in [-0.2, 0) is 0 Å². The summed E-state index contributed by atoms with van der Waals surface area (Å²) in [5.41, 5.74) is 24.1. The van der Waals surface area contributed by atoms with Gasteiger partial charge in [-0.15, -0.1) is 0 Å². The molecule has 254 valence electrons. The van der Waals surface area contributed by atoms with E-state index in [1.54, 1.807) is 0 Å². The molecule has 0 saturated carbocycles. The van der Waals surface area contributed by atoms with Crippen molar-refractivity contribution in [2.45, 2.75) is 54.4 Å². The largest absolute Gasteiger partial charge is 0.329 e. The van der Waals surface area contributed by atoms with Gasteiger partial charge in [-0.1, -0.05) is 41.5 Å².